The second-order valence-electron chi connectivity index (χ2n) is 6.67. The summed E-state index contributed by atoms with van der Waals surface area (Å²) in [6, 6.07) is 1.02. The van der Waals surface area contributed by atoms with E-state index in [0.717, 1.165) is 26.1 Å². The maximum Gasteiger partial charge on any atom is 0.236 e. The summed E-state index contributed by atoms with van der Waals surface area (Å²) in [5, 5.41) is 0. The number of nitrogens with zero attached hydrogens (tertiary/aromatic N) is 2. The molecule has 2 aliphatic rings. The van der Waals surface area contributed by atoms with Crippen molar-refractivity contribution >= 4 is 18.3 Å². The smallest absolute Gasteiger partial charge is 0.236 e. The van der Waals surface area contributed by atoms with E-state index in [1.807, 2.05) is 0 Å². The summed E-state index contributed by atoms with van der Waals surface area (Å²) < 4.78 is 0. The molecule has 5 heteroatoms. The zero-order valence-corrected chi connectivity index (χ0v) is 15.0. The summed E-state index contributed by atoms with van der Waals surface area (Å²) in [6.07, 6.45) is 11.1. The predicted molar refractivity (Wildman–Crippen MR) is 94.4 cm³/mol. The third-order valence-electron chi connectivity index (χ3n) is 5.26. The monoisotopic (exact) mass is 331 g/mol. The Hall–Kier alpha value is -0.320. The number of rotatable bonds is 6. The molecule has 2 N–H and O–H groups in total. The minimum atomic E-state index is 0. The van der Waals surface area contributed by atoms with Crippen molar-refractivity contribution in [2.45, 2.75) is 76.8 Å². The van der Waals surface area contributed by atoms with Crippen molar-refractivity contribution in [3.05, 3.63) is 0 Å². The van der Waals surface area contributed by atoms with Crippen LogP contribution in [0.4, 0.5) is 0 Å². The molecule has 1 atom stereocenters. The van der Waals surface area contributed by atoms with Gasteiger partial charge in [0.2, 0.25) is 5.91 Å². The molecule has 22 heavy (non-hydrogen) atoms. The van der Waals surface area contributed by atoms with Crippen molar-refractivity contribution in [2.75, 3.05) is 26.2 Å². The van der Waals surface area contributed by atoms with E-state index in [1.54, 1.807) is 0 Å². The van der Waals surface area contributed by atoms with Crippen LogP contribution in [0.3, 0.4) is 0 Å². The Morgan fingerprint density at radius 2 is 1.82 bits per heavy atom. The molecule has 1 heterocycles. The molecule has 0 aromatic heterocycles. The maximum absolute atomic E-state index is 12.7. The van der Waals surface area contributed by atoms with Crippen molar-refractivity contribution in [3.63, 3.8) is 0 Å². The van der Waals surface area contributed by atoms with Gasteiger partial charge in [0, 0.05) is 18.6 Å². The largest absolute Gasteiger partial charge is 0.339 e. The lowest BCUT2D eigenvalue weighted by molar-refractivity contribution is -0.136. The molecule has 0 spiro atoms. The average molecular weight is 332 g/mol. The number of hydrogen-bond donors (Lipinski definition) is 1. The molecular weight excluding hydrogens is 298 g/mol. The standard InChI is InChI=1S/C17H33N3O.ClH/c1-2-20(16-9-4-3-5-10-16)17(21)14-19-13-7-6-8-15(19)11-12-18;/h15-16H,2-14,18H2,1H3;1H. The Morgan fingerprint density at radius 3 is 2.45 bits per heavy atom. The van der Waals surface area contributed by atoms with Gasteiger partial charge >= 0.3 is 0 Å². The minimum Gasteiger partial charge on any atom is -0.339 e. The quantitative estimate of drug-likeness (QED) is 0.814. The summed E-state index contributed by atoms with van der Waals surface area (Å²) in [6.45, 7) is 5.39. The van der Waals surface area contributed by atoms with Crippen molar-refractivity contribution in [2.24, 2.45) is 5.73 Å². The van der Waals surface area contributed by atoms with Crippen LogP contribution in [-0.4, -0.2) is 54.0 Å². The molecular formula is C17H34ClN3O. The Labute approximate surface area is 142 Å². The Bertz CT molecular complexity index is 319. The number of likely N-dealkylation sites (tertiary alicyclic amines) is 1. The van der Waals surface area contributed by atoms with Crippen molar-refractivity contribution in [1.29, 1.82) is 0 Å². The SMILES string of the molecule is CCN(C(=O)CN1CCCCC1CCN)C1CCCCC1.Cl. The van der Waals surface area contributed by atoms with Crippen LogP contribution in [0.2, 0.25) is 0 Å². The number of piperidine rings is 1. The highest BCUT2D eigenvalue weighted by atomic mass is 35.5. The summed E-state index contributed by atoms with van der Waals surface area (Å²) in [5.41, 5.74) is 5.73. The van der Waals surface area contributed by atoms with E-state index in [4.69, 9.17) is 5.73 Å². The highest BCUT2D eigenvalue weighted by molar-refractivity contribution is 5.85. The molecule has 1 aliphatic carbocycles. The van der Waals surface area contributed by atoms with Gasteiger partial charge < -0.3 is 10.6 Å². The van der Waals surface area contributed by atoms with Crippen LogP contribution >= 0.6 is 12.4 Å². The Morgan fingerprint density at radius 1 is 1.14 bits per heavy atom. The van der Waals surface area contributed by atoms with Crippen LogP contribution in [0.25, 0.3) is 0 Å². The first-order valence-corrected chi connectivity index (χ1v) is 8.99. The molecule has 0 radical (unpaired) electrons. The van der Waals surface area contributed by atoms with Gasteiger partial charge in [0.05, 0.1) is 6.54 Å². The molecule has 1 aliphatic heterocycles. The highest BCUT2D eigenvalue weighted by Crippen LogP contribution is 2.24. The van der Waals surface area contributed by atoms with E-state index in [0.29, 0.717) is 24.5 Å². The van der Waals surface area contributed by atoms with Gasteiger partial charge in [-0.25, -0.2) is 0 Å². The molecule has 1 unspecified atom stereocenters. The second kappa shape index (κ2) is 10.5. The first-order valence-electron chi connectivity index (χ1n) is 8.99. The number of amides is 1. The van der Waals surface area contributed by atoms with Crippen LogP contribution < -0.4 is 5.73 Å². The second-order valence-corrected chi connectivity index (χ2v) is 6.67. The maximum atomic E-state index is 12.7. The zero-order valence-electron chi connectivity index (χ0n) is 14.1. The molecule has 0 aromatic rings. The molecule has 1 amide bonds. The molecule has 1 saturated carbocycles. The van der Waals surface area contributed by atoms with Gasteiger partial charge in [0.15, 0.2) is 0 Å². The lowest BCUT2D eigenvalue weighted by Gasteiger charge is -2.39. The van der Waals surface area contributed by atoms with Crippen LogP contribution in [0, 0.1) is 0 Å². The third-order valence-corrected chi connectivity index (χ3v) is 5.26. The van der Waals surface area contributed by atoms with Crippen LogP contribution in [0.5, 0.6) is 0 Å². The summed E-state index contributed by atoms with van der Waals surface area (Å²) in [4.78, 5) is 17.3. The number of carbonyl (C=O) groups is 1. The molecule has 2 fully saturated rings. The minimum absolute atomic E-state index is 0. The average Bonchev–Trinajstić information content (AvgIpc) is 2.51. The lowest BCUT2D eigenvalue weighted by Crippen LogP contribution is -2.50. The highest BCUT2D eigenvalue weighted by Gasteiger charge is 2.28. The van der Waals surface area contributed by atoms with Gasteiger partial charge in [-0.05, 0) is 52.1 Å². The van der Waals surface area contributed by atoms with E-state index >= 15 is 0 Å². The number of nitrogens with two attached hydrogens (primary N) is 1. The summed E-state index contributed by atoms with van der Waals surface area (Å²) in [7, 11) is 0. The van der Waals surface area contributed by atoms with Crippen molar-refractivity contribution in [3.8, 4) is 0 Å². The van der Waals surface area contributed by atoms with E-state index in [9.17, 15) is 4.79 Å². The fraction of sp³-hybridized carbons (Fsp3) is 0.941. The van der Waals surface area contributed by atoms with Crippen molar-refractivity contribution in [1.82, 2.24) is 9.80 Å². The molecule has 2 rings (SSSR count). The van der Waals surface area contributed by atoms with Gasteiger partial charge in [-0.2, -0.15) is 0 Å². The molecule has 4 nitrogen and oxygen atoms in total. The van der Waals surface area contributed by atoms with E-state index in [2.05, 4.69) is 16.7 Å². The van der Waals surface area contributed by atoms with E-state index in [-0.39, 0.29) is 12.4 Å². The molecule has 1 saturated heterocycles. The van der Waals surface area contributed by atoms with Gasteiger partial charge in [0.1, 0.15) is 0 Å². The first-order chi connectivity index (χ1) is 10.3. The summed E-state index contributed by atoms with van der Waals surface area (Å²) in [5.74, 6) is 0.341. The van der Waals surface area contributed by atoms with Crippen molar-refractivity contribution < 1.29 is 4.79 Å². The van der Waals surface area contributed by atoms with Crippen LogP contribution in [-0.2, 0) is 4.79 Å². The van der Waals surface area contributed by atoms with E-state index < -0.39 is 0 Å². The normalized spacial score (nSPS) is 23.8. The predicted octanol–water partition coefficient (Wildman–Crippen LogP) is 2.79. The number of carbonyl (C=O) groups excluding carboxylic acids is 1. The van der Waals surface area contributed by atoms with E-state index in [1.165, 1.54) is 51.4 Å². The fourth-order valence-electron chi connectivity index (χ4n) is 4.08. The zero-order chi connectivity index (χ0) is 15.1. The topological polar surface area (TPSA) is 49.6 Å². The Balaban J connectivity index is 0.00000242. The Kier molecular flexibility index (Phi) is 9.37. The molecule has 0 aromatic carbocycles. The van der Waals surface area contributed by atoms with Gasteiger partial charge in [-0.3, -0.25) is 9.69 Å². The van der Waals surface area contributed by atoms with Gasteiger partial charge in [-0.15, -0.1) is 12.4 Å². The van der Waals surface area contributed by atoms with Gasteiger partial charge in [0.25, 0.3) is 0 Å². The molecule has 0 bridgehead atoms. The van der Waals surface area contributed by atoms with Crippen LogP contribution in [0.1, 0.15) is 64.7 Å². The third kappa shape index (κ3) is 5.39. The fourth-order valence-corrected chi connectivity index (χ4v) is 4.08. The summed E-state index contributed by atoms with van der Waals surface area (Å²) >= 11 is 0. The first kappa shape index (κ1) is 19.7. The van der Waals surface area contributed by atoms with Gasteiger partial charge in [-0.1, -0.05) is 25.7 Å². The number of halogens is 1. The lowest BCUT2D eigenvalue weighted by atomic mass is 9.94. The molecule has 130 valence electrons. The number of hydrogen-bond acceptors (Lipinski definition) is 3. The number of likely N-dealkylation sites (N-methyl/N-ethyl adjacent to an activating group) is 1. The van der Waals surface area contributed by atoms with Crippen LogP contribution in [0.15, 0.2) is 0 Å².